The van der Waals surface area contributed by atoms with E-state index >= 15 is 0 Å². The van der Waals surface area contributed by atoms with Gasteiger partial charge in [0.05, 0.1) is 16.7 Å². The predicted octanol–water partition coefficient (Wildman–Crippen LogP) is 9.45. The highest BCUT2D eigenvalue weighted by molar-refractivity contribution is 6.21. The molecule has 0 fully saturated rings. The lowest BCUT2D eigenvalue weighted by atomic mass is 9.82. The van der Waals surface area contributed by atoms with E-state index in [1.54, 1.807) is 0 Å². The van der Waals surface area contributed by atoms with Crippen molar-refractivity contribution < 1.29 is 4.42 Å². The number of furan rings is 1. The van der Waals surface area contributed by atoms with Crippen molar-refractivity contribution >= 4 is 43.7 Å². The lowest BCUT2D eigenvalue weighted by molar-refractivity contribution is 0.649. The van der Waals surface area contributed by atoms with Crippen LogP contribution in [-0.2, 0) is 5.41 Å². The topological polar surface area (TPSA) is 43.9 Å². The molecule has 0 aliphatic heterocycles. The molecule has 8 aromatic rings. The molecule has 3 aromatic heterocycles. The summed E-state index contributed by atoms with van der Waals surface area (Å²) in [4.78, 5) is 10.6. The summed E-state index contributed by atoms with van der Waals surface area (Å²) < 4.78 is 8.97. The summed E-state index contributed by atoms with van der Waals surface area (Å²) in [6.07, 6.45) is 0. The van der Waals surface area contributed by atoms with Crippen molar-refractivity contribution in [2.45, 2.75) is 19.3 Å². The molecule has 4 heteroatoms. The Kier molecular flexibility index (Phi) is 4.36. The fraction of sp³-hybridized carbons (Fsp3) is 0.0811. The molecule has 0 N–H and O–H groups in total. The first kappa shape index (κ1) is 22.6. The number of rotatable bonds is 2. The molecule has 0 amide bonds. The average Bonchev–Trinajstić information content (AvgIpc) is 3.64. The first-order valence-electron chi connectivity index (χ1n) is 14.0. The van der Waals surface area contributed by atoms with Gasteiger partial charge < -0.3 is 4.42 Å². The Morgan fingerprint density at radius 2 is 1.34 bits per heavy atom. The van der Waals surface area contributed by atoms with E-state index in [0.29, 0.717) is 0 Å². The van der Waals surface area contributed by atoms with Crippen LogP contribution >= 0.6 is 0 Å². The number of fused-ring (bicyclic) bond motifs is 10. The molecule has 0 unspecified atom stereocenters. The summed E-state index contributed by atoms with van der Waals surface area (Å²) >= 11 is 0. The second-order valence-electron chi connectivity index (χ2n) is 11.4. The molecule has 0 bridgehead atoms. The van der Waals surface area contributed by atoms with Crippen LogP contribution in [0.1, 0.15) is 25.0 Å². The van der Waals surface area contributed by atoms with Crippen molar-refractivity contribution in [3.8, 4) is 28.5 Å². The third-order valence-corrected chi connectivity index (χ3v) is 8.79. The molecule has 194 valence electrons. The zero-order chi connectivity index (χ0) is 27.3. The summed E-state index contributed by atoms with van der Waals surface area (Å²) in [5.74, 6) is 1.61. The molecular weight excluding hydrogens is 502 g/mol. The normalized spacial score (nSPS) is 13.8. The number of para-hydroxylation sites is 2. The van der Waals surface area contributed by atoms with E-state index in [1.807, 2.05) is 30.3 Å². The maximum atomic E-state index is 6.64. The van der Waals surface area contributed by atoms with Gasteiger partial charge in [0.1, 0.15) is 11.4 Å². The average molecular weight is 528 g/mol. The van der Waals surface area contributed by atoms with Crippen molar-refractivity contribution in [1.82, 2.24) is 14.5 Å². The van der Waals surface area contributed by atoms with E-state index in [2.05, 4.69) is 103 Å². The fourth-order valence-electron chi connectivity index (χ4n) is 6.92. The van der Waals surface area contributed by atoms with Crippen LogP contribution < -0.4 is 0 Å². The van der Waals surface area contributed by atoms with Gasteiger partial charge in [0.2, 0.25) is 0 Å². The fourth-order valence-corrected chi connectivity index (χ4v) is 6.92. The van der Waals surface area contributed by atoms with Crippen molar-refractivity contribution in [3.05, 3.63) is 126 Å². The summed E-state index contributed by atoms with van der Waals surface area (Å²) in [6, 6.07) is 40.2. The van der Waals surface area contributed by atoms with Crippen LogP contribution in [-0.4, -0.2) is 14.5 Å². The third-order valence-electron chi connectivity index (χ3n) is 8.79. The summed E-state index contributed by atoms with van der Waals surface area (Å²) in [7, 11) is 0. The van der Waals surface area contributed by atoms with Gasteiger partial charge in [0.25, 0.3) is 0 Å². The SMILES string of the molecule is CC1(C)c2ccccc2-c2nc(-c3ccccc3)nc(-n3c4ccccc4c4ccc5c6ccccc6oc5c43)c21. The smallest absolute Gasteiger partial charge is 0.162 e. The summed E-state index contributed by atoms with van der Waals surface area (Å²) in [5, 5.41) is 4.54. The van der Waals surface area contributed by atoms with Gasteiger partial charge in [0, 0.05) is 43.7 Å². The second kappa shape index (κ2) is 7.92. The van der Waals surface area contributed by atoms with E-state index in [0.717, 1.165) is 66.8 Å². The number of aromatic nitrogens is 3. The minimum absolute atomic E-state index is 0.296. The largest absolute Gasteiger partial charge is 0.454 e. The maximum absolute atomic E-state index is 6.64. The lowest BCUT2D eigenvalue weighted by Gasteiger charge is -2.24. The van der Waals surface area contributed by atoms with E-state index in [4.69, 9.17) is 14.4 Å². The number of hydrogen-bond donors (Lipinski definition) is 0. The molecule has 0 saturated carbocycles. The molecule has 0 saturated heterocycles. The van der Waals surface area contributed by atoms with Crippen LogP contribution in [0.3, 0.4) is 0 Å². The van der Waals surface area contributed by atoms with E-state index < -0.39 is 0 Å². The van der Waals surface area contributed by atoms with Gasteiger partial charge in [-0.1, -0.05) is 111 Å². The maximum Gasteiger partial charge on any atom is 0.162 e. The van der Waals surface area contributed by atoms with Crippen LogP contribution in [0.15, 0.2) is 120 Å². The summed E-state index contributed by atoms with van der Waals surface area (Å²) in [5.41, 5.74) is 9.16. The van der Waals surface area contributed by atoms with Crippen LogP contribution in [0.25, 0.3) is 72.2 Å². The molecule has 0 radical (unpaired) electrons. The van der Waals surface area contributed by atoms with Gasteiger partial charge in [0.15, 0.2) is 11.4 Å². The molecule has 1 aliphatic carbocycles. The molecular formula is C37H25N3O. The molecule has 9 rings (SSSR count). The Labute approximate surface area is 236 Å². The van der Waals surface area contributed by atoms with Crippen molar-refractivity contribution in [2.75, 3.05) is 0 Å². The number of hydrogen-bond acceptors (Lipinski definition) is 3. The minimum Gasteiger partial charge on any atom is -0.454 e. The first-order valence-corrected chi connectivity index (χ1v) is 14.0. The third kappa shape index (κ3) is 2.94. The van der Waals surface area contributed by atoms with E-state index in [1.165, 1.54) is 16.5 Å². The highest BCUT2D eigenvalue weighted by atomic mass is 16.3. The van der Waals surface area contributed by atoms with Crippen LogP contribution in [0.2, 0.25) is 0 Å². The van der Waals surface area contributed by atoms with Gasteiger partial charge in [-0.25, -0.2) is 9.97 Å². The molecule has 4 nitrogen and oxygen atoms in total. The predicted molar refractivity (Wildman–Crippen MR) is 167 cm³/mol. The highest BCUT2D eigenvalue weighted by Crippen LogP contribution is 2.51. The molecule has 0 spiro atoms. The second-order valence-corrected chi connectivity index (χ2v) is 11.4. The molecule has 1 aliphatic rings. The van der Waals surface area contributed by atoms with E-state index in [9.17, 15) is 0 Å². The van der Waals surface area contributed by atoms with Crippen LogP contribution in [0.5, 0.6) is 0 Å². The molecule has 3 heterocycles. The van der Waals surface area contributed by atoms with Gasteiger partial charge in [-0.3, -0.25) is 4.57 Å². The minimum atomic E-state index is -0.296. The van der Waals surface area contributed by atoms with Gasteiger partial charge in [-0.05, 0) is 23.8 Å². The van der Waals surface area contributed by atoms with Crippen molar-refractivity contribution in [3.63, 3.8) is 0 Å². The Hall–Kier alpha value is -5.22. The van der Waals surface area contributed by atoms with Crippen LogP contribution in [0, 0.1) is 0 Å². The Morgan fingerprint density at radius 1 is 0.634 bits per heavy atom. The van der Waals surface area contributed by atoms with Crippen LogP contribution in [0.4, 0.5) is 0 Å². The van der Waals surface area contributed by atoms with Gasteiger partial charge >= 0.3 is 0 Å². The number of benzene rings is 5. The number of nitrogens with zero attached hydrogens (tertiary/aromatic N) is 3. The summed E-state index contributed by atoms with van der Waals surface area (Å²) in [6.45, 7) is 4.58. The Balaban J connectivity index is 1.51. The Morgan fingerprint density at radius 3 is 2.22 bits per heavy atom. The standard InChI is InChI=1S/C37H25N3O/c1-37(2)28-17-9-6-16-27(28)32-31(37)36(39-35(38-32)22-12-4-3-5-13-22)40-29-18-10-7-14-23(29)25-20-21-26-24-15-8-11-19-30(24)41-34(26)33(25)40/h3-21H,1-2H3. The zero-order valence-electron chi connectivity index (χ0n) is 22.7. The molecule has 41 heavy (non-hydrogen) atoms. The molecule has 0 atom stereocenters. The highest BCUT2D eigenvalue weighted by Gasteiger charge is 2.41. The van der Waals surface area contributed by atoms with Gasteiger partial charge in [-0.15, -0.1) is 0 Å². The lowest BCUT2D eigenvalue weighted by Crippen LogP contribution is -2.19. The van der Waals surface area contributed by atoms with Gasteiger partial charge in [-0.2, -0.15) is 0 Å². The van der Waals surface area contributed by atoms with Crippen molar-refractivity contribution in [2.24, 2.45) is 0 Å². The quantitative estimate of drug-likeness (QED) is 0.225. The van der Waals surface area contributed by atoms with Crippen molar-refractivity contribution in [1.29, 1.82) is 0 Å². The van der Waals surface area contributed by atoms with E-state index in [-0.39, 0.29) is 5.41 Å². The zero-order valence-corrected chi connectivity index (χ0v) is 22.7. The molecule has 5 aromatic carbocycles. The Bertz CT molecular complexity index is 2340. The first-order chi connectivity index (χ1) is 20.1. The monoisotopic (exact) mass is 527 g/mol.